The molecule has 1 spiro atoms. The average molecular weight is 555 g/mol. The van der Waals surface area contributed by atoms with Gasteiger partial charge >= 0.3 is 6.16 Å². The Morgan fingerprint density at radius 3 is 2.62 bits per heavy atom. The van der Waals surface area contributed by atoms with E-state index in [0.717, 1.165) is 23.6 Å². The molecule has 1 saturated carbocycles. The van der Waals surface area contributed by atoms with E-state index in [1.165, 1.54) is 30.9 Å². The standard InChI is InChI=1S/C28H24F2N2O6S/c1-15(38-27(35)36-2)37-25-20(33)9-12-31-24(25)26(34)28(10-11-28)14-32(31)23-16-7-8-19(29)22(30)18(16)13-39-21-6-4-3-5-17(21)23/h3-9,12,15,23H,10-11,13-14H2,1-2H3/t15?,23-/m0/s1. The van der Waals surface area contributed by atoms with E-state index in [-0.39, 0.29) is 28.5 Å². The molecular formula is C28H24F2N2O6S. The number of carbonyl (C=O) groups is 2. The van der Waals surface area contributed by atoms with E-state index >= 15 is 4.39 Å². The van der Waals surface area contributed by atoms with Crippen LogP contribution in [0.5, 0.6) is 5.75 Å². The number of fused-ring (bicyclic) bond motifs is 3. The van der Waals surface area contributed by atoms with Crippen LogP contribution in [0.25, 0.3) is 0 Å². The van der Waals surface area contributed by atoms with E-state index in [0.29, 0.717) is 24.9 Å². The number of ketones is 1. The number of hydrogen-bond donors (Lipinski definition) is 0. The maximum absolute atomic E-state index is 15.2. The summed E-state index contributed by atoms with van der Waals surface area (Å²) in [5.74, 6) is -2.09. The third kappa shape index (κ3) is 4.15. The highest BCUT2D eigenvalue weighted by molar-refractivity contribution is 7.98. The van der Waals surface area contributed by atoms with Gasteiger partial charge in [-0.05, 0) is 36.1 Å². The molecule has 0 saturated heterocycles. The monoisotopic (exact) mass is 554 g/mol. The average Bonchev–Trinajstić information content (AvgIpc) is 3.72. The molecule has 3 aliphatic rings. The SMILES string of the molecule is COC(=O)OC(C)Oc1c2n(ccc1=O)N([C@@H]1c3ccccc3SCc3c1ccc(F)c3F)CC1(CC1)C2=O. The lowest BCUT2D eigenvalue weighted by Gasteiger charge is -2.43. The molecule has 39 heavy (non-hydrogen) atoms. The quantitative estimate of drug-likeness (QED) is 0.331. The van der Waals surface area contributed by atoms with Crippen LogP contribution in [-0.2, 0) is 15.2 Å². The zero-order valence-electron chi connectivity index (χ0n) is 21.1. The van der Waals surface area contributed by atoms with Crippen LogP contribution in [0.2, 0.25) is 0 Å². The summed E-state index contributed by atoms with van der Waals surface area (Å²) in [4.78, 5) is 39.3. The number of halogens is 2. The molecule has 3 aromatic rings. The molecule has 202 valence electrons. The lowest BCUT2D eigenvalue weighted by molar-refractivity contribution is -0.0483. The minimum Gasteiger partial charge on any atom is -0.448 e. The lowest BCUT2D eigenvalue weighted by atomic mass is 9.89. The van der Waals surface area contributed by atoms with Gasteiger partial charge in [0, 0.05) is 41.9 Å². The summed E-state index contributed by atoms with van der Waals surface area (Å²) in [6.07, 6.45) is 0.476. The van der Waals surface area contributed by atoms with Crippen LogP contribution in [0, 0.1) is 17.0 Å². The first kappa shape index (κ1) is 25.4. The van der Waals surface area contributed by atoms with Gasteiger partial charge < -0.3 is 14.2 Å². The first-order valence-electron chi connectivity index (χ1n) is 12.4. The van der Waals surface area contributed by atoms with Crippen LogP contribution in [0.3, 0.4) is 0 Å². The van der Waals surface area contributed by atoms with Crippen molar-refractivity contribution >= 4 is 23.7 Å². The number of benzene rings is 2. The van der Waals surface area contributed by atoms with Crippen molar-refractivity contribution in [1.29, 1.82) is 0 Å². The summed E-state index contributed by atoms with van der Waals surface area (Å²) in [5.41, 5.74) is 0.397. The molecule has 8 nitrogen and oxygen atoms in total. The number of nitrogens with zero attached hydrogens (tertiary/aromatic N) is 2. The van der Waals surface area contributed by atoms with Gasteiger partial charge in [-0.2, -0.15) is 0 Å². The number of pyridine rings is 1. The highest BCUT2D eigenvalue weighted by atomic mass is 32.2. The second kappa shape index (κ2) is 9.41. The van der Waals surface area contributed by atoms with E-state index in [2.05, 4.69) is 4.74 Å². The van der Waals surface area contributed by atoms with E-state index < -0.39 is 41.0 Å². The van der Waals surface area contributed by atoms with Crippen molar-refractivity contribution in [1.82, 2.24) is 4.68 Å². The van der Waals surface area contributed by atoms with Gasteiger partial charge in [0.05, 0.1) is 18.6 Å². The molecule has 1 unspecified atom stereocenters. The number of Topliss-reactive ketones (excluding diaryl/α,β-unsaturated/α-hetero) is 1. The Morgan fingerprint density at radius 2 is 1.87 bits per heavy atom. The molecule has 0 radical (unpaired) electrons. The van der Waals surface area contributed by atoms with Gasteiger partial charge in [-0.3, -0.25) is 19.3 Å². The smallest absolute Gasteiger partial charge is 0.448 e. The van der Waals surface area contributed by atoms with E-state index in [4.69, 9.17) is 9.47 Å². The number of rotatable bonds is 4. The van der Waals surface area contributed by atoms with Crippen molar-refractivity contribution in [2.24, 2.45) is 5.41 Å². The largest absolute Gasteiger partial charge is 0.511 e. The summed E-state index contributed by atoms with van der Waals surface area (Å²) in [6.45, 7) is 1.71. The molecule has 3 heterocycles. The van der Waals surface area contributed by atoms with Crippen LogP contribution >= 0.6 is 11.8 Å². The molecule has 1 aromatic heterocycles. The second-order valence-corrected chi connectivity index (χ2v) is 10.8. The summed E-state index contributed by atoms with van der Waals surface area (Å²) < 4.78 is 46.3. The number of aromatic nitrogens is 1. The highest BCUT2D eigenvalue weighted by Crippen LogP contribution is 2.54. The van der Waals surface area contributed by atoms with E-state index in [1.54, 1.807) is 10.7 Å². The summed E-state index contributed by atoms with van der Waals surface area (Å²) >= 11 is 1.42. The normalized spacial score (nSPS) is 19.3. The minimum atomic E-state index is -1.22. The van der Waals surface area contributed by atoms with E-state index in [9.17, 15) is 18.8 Å². The summed E-state index contributed by atoms with van der Waals surface area (Å²) in [6, 6.07) is 11.0. The number of ether oxygens (including phenoxy) is 3. The van der Waals surface area contributed by atoms with Crippen LogP contribution in [0.15, 0.2) is 58.4 Å². The fourth-order valence-electron chi connectivity index (χ4n) is 5.37. The van der Waals surface area contributed by atoms with Crippen molar-refractivity contribution < 1.29 is 32.6 Å². The second-order valence-electron chi connectivity index (χ2n) is 9.82. The van der Waals surface area contributed by atoms with Crippen molar-refractivity contribution in [2.45, 2.75) is 42.7 Å². The molecule has 11 heteroatoms. The summed E-state index contributed by atoms with van der Waals surface area (Å²) in [5, 5.41) is 1.92. The Hall–Kier alpha value is -3.86. The first-order chi connectivity index (χ1) is 18.7. The molecular weight excluding hydrogens is 530 g/mol. The van der Waals surface area contributed by atoms with Crippen molar-refractivity contribution in [3.05, 3.63) is 92.9 Å². The Labute approximate surface area is 226 Å². The fourth-order valence-corrected chi connectivity index (χ4v) is 6.48. The number of hydrogen-bond acceptors (Lipinski definition) is 8. The molecule has 2 aliphatic heterocycles. The maximum atomic E-state index is 15.2. The molecule has 1 aliphatic carbocycles. The number of carbonyl (C=O) groups excluding carboxylic acids is 2. The molecule has 0 bridgehead atoms. The molecule has 1 fully saturated rings. The van der Waals surface area contributed by atoms with Gasteiger partial charge in [-0.1, -0.05) is 24.3 Å². The van der Waals surface area contributed by atoms with Crippen molar-refractivity contribution in [2.75, 3.05) is 18.7 Å². The Bertz CT molecular complexity index is 1570. The third-order valence-corrected chi connectivity index (χ3v) is 8.57. The zero-order chi connectivity index (χ0) is 27.5. The van der Waals surface area contributed by atoms with Crippen molar-refractivity contribution in [3.63, 3.8) is 0 Å². The molecule has 0 amide bonds. The first-order valence-corrected chi connectivity index (χ1v) is 13.4. The molecule has 2 aromatic carbocycles. The number of methoxy groups -OCH3 is 1. The molecule has 0 N–H and O–H groups in total. The topological polar surface area (TPSA) is 87.1 Å². The van der Waals surface area contributed by atoms with Gasteiger partial charge in [-0.25, -0.2) is 13.6 Å². The van der Waals surface area contributed by atoms with Crippen LogP contribution in [0.4, 0.5) is 13.6 Å². The minimum absolute atomic E-state index is 0.0186. The van der Waals surface area contributed by atoms with E-state index in [1.807, 2.05) is 29.3 Å². The fraction of sp³-hybridized carbons (Fsp3) is 0.321. The Morgan fingerprint density at radius 1 is 1.10 bits per heavy atom. The predicted molar refractivity (Wildman–Crippen MR) is 138 cm³/mol. The summed E-state index contributed by atoms with van der Waals surface area (Å²) in [7, 11) is 1.14. The molecule has 6 rings (SSSR count). The lowest BCUT2D eigenvalue weighted by Crippen LogP contribution is -2.52. The van der Waals surface area contributed by atoms with Gasteiger partial charge in [0.15, 0.2) is 23.1 Å². The van der Waals surface area contributed by atoms with Crippen molar-refractivity contribution in [3.8, 4) is 5.75 Å². The number of thioether (sulfide) groups is 1. The zero-order valence-corrected chi connectivity index (χ0v) is 21.9. The Balaban J connectivity index is 1.55. The molecule has 2 atom stereocenters. The van der Waals surface area contributed by atoms with Gasteiger partial charge in [0.1, 0.15) is 0 Å². The van der Waals surface area contributed by atoms with Gasteiger partial charge in [-0.15, -0.1) is 11.8 Å². The predicted octanol–water partition coefficient (Wildman–Crippen LogP) is 4.94. The maximum Gasteiger partial charge on any atom is 0.511 e. The highest BCUT2D eigenvalue weighted by Gasteiger charge is 2.57. The van der Waals surface area contributed by atoms with Crippen LogP contribution in [-0.4, -0.2) is 36.6 Å². The van der Waals surface area contributed by atoms with Crippen LogP contribution < -0.4 is 15.2 Å². The Kier molecular flexibility index (Phi) is 6.13. The van der Waals surface area contributed by atoms with Crippen LogP contribution in [0.1, 0.15) is 53.0 Å². The third-order valence-electron chi connectivity index (χ3n) is 7.45. The van der Waals surface area contributed by atoms with Gasteiger partial charge in [0.25, 0.3) is 0 Å². The van der Waals surface area contributed by atoms with Gasteiger partial charge in [0.2, 0.25) is 17.5 Å².